The van der Waals surface area contributed by atoms with Crippen LogP contribution in [0.3, 0.4) is 0 Å². The summed E-state index contributed by atoms with van der Waals surface area (Å²) in [6.45, 7) is 0.539. The van der Waals surface area contributed by atoms with Crippen LogP contribution >= 0.6 is 0 Å². The van der Waals surface area contributed by atoms with Gasteiger partial charge in [-0.3, -0.25) is 4.79 Å². The van der Waals surface area contributed by atoms with Gasteiger partial charge in [-0.05, 0) is 53.8 Å². The summed E-state index contributed by atoms with van der Waals surface area (Å²) in [5, 5.41) is 10.5. The molecule has 3 aromatic carbocycles. The number of rotatable bonds is 11. The summed E-state index contributed by atoms with van der Waals surface area (Å²) in [4.78, 5) is 14.8. The molecule has 0 unspecified atom stereocenters. The van der Waals surface area contributed by atoms with Crippen LogP contribution in [0.15, 0.2) is 78.9 Å². The number of benzene rings is 3. The number of likely N-dealkylation sites (tertiary alicyclic amines) is 1. The molecular weight excluding hydrogens is 478 g/mol. The lowest BCUT2D eigenvalue weighted by atomic mass is 9.80. The number of nitrogens with zero attached hydrogens (tertiary/aromatic N) is 1. The SMILES string of the molecule is C#CCCCC(=O)N1C[C@H](O)C[C@H]1COC(c1ccccc1)(c1ccc(OC)cc1)c1ccc(OC)cc1. The predicted octanol–water partition coefficient (Wildman–Crippen LogP) is 4.78. The first-order chi connectivity index (χ1) is 18.5. The molecule has 1 amide bonds. The number of terminal acetylenes is 1. The monoisotopic (exact) mass is 513 g/mol. The predicted molar refractivity (Wildman–Crippen MR) is 147 cm³/mol. The molecule has 1 aliphatic rings. The van der Waals surface area contributed by atoms with Gasteiger partial charge in [0.05, 0.1) is 33.0 Å². The molecule has 198 valence electrons. The molecule has 0 radical (unpaired) electrons. The summed E-state index contributed by atoms with van der Waals surface area (Å²) in [6, 6.07) is 25.4. The number of carbonyl (C=O) groups excluding carboxylic acids is 1. The van der Waals surface area contributed by atoms with Crippen LogP contribution in [0.1, 0.15) is 42.4 Å². The number of carbonyl (C=O) groups is 1. The quantitative estimate of drug-likeness (QED) is 0.227. The molecule has 1 fully saturated rings. The van der Waals surface area contributed by atoms with Crippen LogP contribution in [0.25, 0.3) is 0 Å². The number of ether oxygens (including phenoxy) is 3. The Balaban J connectivity index is 1.75. The fourth-order valence-corrected chi connectivity index (χ4v) is 5.14. The van der Waals surface area contributed by atoms with Crippen molar-refractivity contribution in [2.24, 2.45) is 0 Å². The first-order valence-corrected chi connectivity index (χ1v) is 12.9. The minimum absolute atomic E-state index is 0.00962. The van der Waals surface area contributed by atoms with Gasteiger partial charge >= 0.3 is 0 Å². The van der Waals surface area contributed by atoms with Crippen LogP contribution < -0.4 is 9.47 Å². The summed E-state index contributed by atoms with van der Waals surface area (Å²) in [5.41, 5.74) is 1.80. The zero-order valence-corrected chi connectivity index (χ0v) is 22.0. The van der Waals surface area contributed by atoms with Crippen molar-refractivity contribution in [3.05, 3.63) is 95.6 Å². The Morgan fingerprint density at radius 3 is 2.03 bits per heavy atom. The van der Waals surface area contributed by atoms with E-state index in [0.29, 0.717) is 32.2 Å². The van der Waals surface area contributed by atoms with E-state index in [9.17, 15) is 9.90 Å². The van der Waals surface area contributed by atoms with Gasteiger partial charge in [0.25, 0.3) is 0 Å². The highest BCUT2D eigenvalue weighted by Gasteiger charge is 2.41. The standard InChI is InChI=1S/C32H35NO5/c1-4-5-7-12-31(35)33-22-28(34)21-27(33)23-38-32(24-10-8-6-9-11-24,25-13-17-29(36-2)18-14-25)26-15-19-30(37-3)20-16-26/h1,6,8-11,13-20,27-28,34H,5,7,12,21-23H2,2-3H3/t27-,28+/m0/s1. The second-order valence-corrected chi connectivity index (χ2v) is 9.46. The highest BCUT2D eigenvalue weighted by molar-refractivity contribution is 5.77. The van der Waals surface area contributed by atoms with Crippen LogP contribution in [-0.4, -0.2) is 55.4 Å². The molecule has 1 saturated heterocycles. The zero-order chi connectivity index (χ0) is 27.0. The largest absolute Gasteiger partial charge is 0.497 e. The molecule has 4 rings (SSSR count). The Kier molecular flexibility index (Phi) is 9.06. The van der Waals surface area contributed by atoms with Gasteiger partial charge in [0.15, 0.2) is 0 Å². The highest BCUT2D eigenvalue weighted by atomic mass is 16.5. The lowest BCUT2D eigenvalue weighted by Gasteiger charge is -2.38. The van der Waals surface area contributed by atoms with Crippen molar-refractivity contribution in [3.63, 3.8) is 0 Å². The number of aliphatic hydroxyl groups excluding tert-OH is 1. The molecule has 2 atom stereocenters. The van der Waals surface area contributed by atoms with Gasteiger partial charge in [-0.15, -0.1) is 12.3 Å². The molecule has 1 heterocycles. The van der Waals surface area contributed by atoms with Gasteiger partial charge in [0, 0.05) is 19.4 Å². The third-order valence-corrected chi connectivity index (χ3v) is 7.09. The Bertz CT molecular complexity index is 1170. The van der Waals surface area contributed by atoms with Crippen molar-refractivity contribution in [1.82, 2.24) is 4.90 Å². The molecule has 1 N–H and O–H groups in total. The maximum Gasteiger partial charge on any atom is 0.223 e. The Hall–Kier alpha value is -3.79. The molecule has 0 spiro atoms. The van der Waals surface area contributed by atoms with Crippen molar-refractivity contribution < 1.29 is 24.1 Å². The molecule has 1 aliphatic heterocycles. The van der Waals surface area contributed by atoms with Crippen molar-refractivity contribution >= 4 is 5.91 Å². The second-order valence-electron chi connectivity index (χ2n) is 9.46. The van der Waals surface area contributed by atoms with E-state index in [0.717, 1.165) is 28.2 Å². The van der Waals surface area contributed by atoms with Gasteiger partial charge in [0.1, 0.15) is 17.1 Å². The van der Waals surface area contributed by atoms with Crippen LogP contribution in [0.4, 0.5) is 0 Å². The van der Waals surface area contributed by atoms with Crippen LogP contribution in [-0.2, 0) is 15.1 Å². The van der Waals surface area contributed by atoms with Gasteiger partial charge < -0.3 is 24.2 Å². The number of methoxy groups -OCH3 is 2. The lowest BCUT2D eigenvalue weighted by molar-refractivity contribution is -0.134. The van der Waals surface area contributed by atoms with Gasteiger partial charge in [-0.2, -0.15) is 0 Å². The Labute approximate surface area is 225 Å². The van der Waals surface area contributed by atoms with E-state index in [1.165, 1.54) is 0 Å². The third-order valence-electron chi connectivity index (χ3n) is 7.09. The van der Waals surface area contributed by atoms with Crippen molar-refractivity contribution in [1.29, 1.82) is 0 Å². The zero-order valence-electron chi connectivity index (χ0n) is 22.0. The topological polar surface area (TPSA) is 68.2 Å². The maximum atomic E-state index is 13.0. The van der Waals surface area contributed by atoms with Gasteiger partial charge in [-0.25, -0.2) is 0 Å². The number of hydrogen-bond acceptors (Lipinski definition) is 5. The van der Waals surface area contributed by atoms with Crippen LogP contribution in [0, 0.1) is 12.3 Å². The first kappa shape index (κ1) is 27.3. The second kappa shape index (κ2) is 12.6. The van der Waals surface area contributed by atoms with Gasteiger partial charge in [0.2, 0.25) is 5.91 Å². The number of aliphatic hydroxyl groups is 1. The van der Waals surface area contributed by atoms with Crippen LogP contribution in [0.5, 0.6) is 11.5 Å². The van der Waals surface area contributed by atoms with Crippen molar-refractivity contribution in [2.75, 3.05) is 27.4 Å². The molecular formula is C32H35NO5. The molecule has 6 nitrogen and oxygen atoms in total. The molecule has 38 heavy (non-hydrogen) atoms. The summed E-state index contributed by atoms with van der Waals surface area (Å²) in [7, 11) is 3.28. The normalized spacial score (nSPS) is 17.2. The number of hydrogen-bond donors (Lipinski definition) is 1. The Morgan fingerprint density at radius 2 is 1.50 bits per heavy atom. The lowest BCUT2D eigenvalue weighted by Crippen LogP contribution is -2.42. The average Bonchev–Trinajstić information content (AvgIpc) is 3.35. The van der Waals surface area contributed by atoms with Crippen molar-refractivity contribution in [2.45, 2.75) is 43.4 Å². The number of β-amino-alcohol motifs (C(OH)–C–C–N with tert-alkyl or cyclic N) is 1. The smallest absolute Gasteiger partial charge is 0.223 e. The molecule has 6 heteroatoms. The minimum atomic E-state index is -0.981. The Morgan fingerprint density at radius 1 is 0.947 bits per heavy atom. The molecule has 0 aromatic heterocycles. The van der Waals surface area contributed by atoms with E-state index < -0.39 is 11.7 Å². The average molecular weight is 514 g/mol. The van der Waals surface area contributed by atoms with E-state index >= 15 is 0 Å². The molecule has 0 aliphatic carbocycles. The maximum absolute atomic E-state index is 13.0. The third kappa shape index (κ3) is 5.85. The van der Waals surface area contributed by atoms with E-state index in [1.807, 2.05) is 78.9 Å². The molecule has 0 saturated carbocycles. The summed E-state index contributed by atoms with van der Waals surface area (Å²) < 4.78 is 17.8. The van der Waals surface area contributed by atoms with E-state index in [1.54, 1.807) is 19.1 Å². The minimum Gasteiger partial charge on any atom is -0.497 e. The van der Waals surface area contributed by atoms with Crippen LogP contribution in [0.2, 0.25) is 0 Å². The molecule has 0 bridgehead atoms. The van der Waals surface area contributed by atoms with Gasteiger partial charge in [-0.1, -0.05) is 54.6 Å². The fraction of sp³-hybridized carbons (Fsp3) is 0.344. The summed E-state index contributed by atoms with van der Waals surface area (Å²) in [5.74, 6) is 4.06. The van der Waals surface area contributed by atoms with E-state index in [2.05, 4.69) is 5.92 Å². The number of amides is 1. The summed E-state index contributed by atoms with van der Waals surface area (Å²) in [6.07, 6.45) is 6.76. The highest BCUT2D eigenvalue weighted by Crippen LogP contribution is 2.42. The van der Waals surface area contributed by atoms with E-state index in [-0.39, 0.29) is 18.6 Å². The summed E-state index contributed by atoms with van der Waals surface area (Å²) >= 11 is 0. The first-order valence-electron chi connectivity index (χ1n) is 12.9. The molecule has 3 aromatic rings. The van der Waals surface area contributed by atoms with E-state index in [4.69, 9.17) is 20.6 Å². The fourth-order valence-electron chi connectivity index (χ4n) is 5.14. The number of unbranched alkanes of at least 4 members (excludes halogenated alkanes) is 1. The van der Waals surface area contributed by atoms with Crippen molar-refractivity contribution in [3.8, 4) is 23.8 Å².